The standard InChI is InChI=1S/C34H41F3N4O3/c1-21(33-18-22-15-23(19-33)17-24(16-22)20-33)38-14-7-5-3-2-4-6-9-25-10-8-11-26-29(25)31(44)41(32(39-26)34(35,36)37)27-12-13-28(42)40-30(27)43/h8,10-11,21-24,27,38H,2-5,7,12-20H2,1H3,(H,40,42,43)/t21?,22?,23?,24?,27-,33?/m0/s1. The third-order valence-electron chi connectivity index (χ3n) is 10.6. The lowest BCUT2D eigenvalue weighted by molar-refractivity contribution is -0.150. The number of carbonyl (C=O) groups excluding carboxylic acids is 2. The van der Waals surface area contributed by atoms with E-state index in [1.54, 1.807) is 6.07 Å². The number of nitrogens with one attached hydrogen (secondary N) is 2. The van der Waals surface area contributed by atoms with E-state index in [-0.39, 0.29) is 29.3 Å². The van der Waals surface area contributed by atoms with Crippen LogP contribution in [-0.4, -0.2) is 34.0 Å². The molecule has 4 aliphatic carbocycles. The lowest BCUT2D eigenvalue weighted by Crippen LogP contribution is -2.54. The maximum Gasteiger partial charge on any atom is 0.449 e. The van der Waals surface area contributed by atoms with E-state index in [4.69, 9.17) is 0 Å². The smallest absolute Gasteiger partial charge is 0.314 e. The Balaban J connectivity index is 1.05. The quantitative estimate of drug-likeness (QED) is 0.210. The van der Waals surface area contributed by atoms with Crippen LogP contribution in [-0.2, 0) is 15.8 Å². The first-order valence-corrected chi connectivity index (χ1v) is 16.2. The Morgan fingerprint density at radius 3 is 2.39 bits per heavy atom. The van der Waals surface area contributed by atoms with Gasteiger partial charge in [0.1, 0.15) is 6.04 Å². The summed E-state index contributed by atoms with van der Waals surface area (Å²) >= 11 is 0. The van der Waals surface area contributed by atoms with Gasteiger partial charge in [-0.15, -0.1) is 0 Å². The highest BCUT2D eigenvalue weighted by Crippen LogP contribution is 2.61. The number of rotatable bonds is 9. The predicted molar refractivity (Wildman–Crippen MR) is 160 cm³/mol. The highest BCUT2D eigenvalue weighted by molar-refractivity contribution is 5.99. The SMILES string of the molecule is CC(NCCCCCCC#Cc1cccc2nc(C(F)(F)F)n([C@H]3CCC(=O)NC3=O)c(=O)c12)C12CC3CC(CC(C3)C1)C2. The lowest BCUT2D eigenvalue weighted by atomic mass is 9.48. The van der Waals surface area contributed by atoms with Crippen molar-refractivity contribution in [2.75, 3.05) is 6.54 Å². The summed E-state index contributed by atoms with van der Waals surface area (Å²) in [5.74, 6) is 5.92. The van der Waals surface area contributed by atoms with E-state index in [1.165, 1.54) is 50.7 Å². The molecule has 236 valence electrons. The van der Waals surface area contributed by atoms with Gasteiger partial charge in [0, 0.05) is 24.4 Å². The Bertz CT molecular complexity index is 1520. The Morgan fingerprint density at radius 1 is 1.05 bits per heavy atom. The Labute approximate surface area is 255 Å². The molecule has 5 aliphatic rings. The second kappa shape index (κ2) is 12.3. The number of nitrogens with zero attached hydrogens (tertiary/aromatic N) is 2. The first-order chi connectivity index (χ1) is 21.0. The van der Waals surface area contributed by atoms with Crippen molar-refractivity contribution in [1.29, 1.82) is 0 Å². The van der Waals surface area contributed by atoms with Gasteiger partial charge in [0.05, 0.1) is 10.9 Å². The Morgan fingerprint density at radius 2 is 1.73 bits per heavy atom. The highest BCUT2D eigenvalue weighted by atomic mass is 19.4. The molecular formula is C34H41F3N4O3. The number of unbranched alkanes of at least 4 members (excludes halogenated alkanes) is 4. The normalized spacial score (nSPS) is 28.5. The van der Waals surface area contributed by atoms with Gasteiger partial charge in [-0.25, -0.2) is 4.98 Å². The summed E-state index contributed by atoms with van der Waals surface area (Å²) in [5, 5.41) is 5.83. The number of fused-ring (bicyclic) bond motifs is 1. The summed E-state index contributed by atoms with van der Waals surface area (Å²) < 4.78 is 42.2. The van der Waals surface area contributed by atoms with Gasteiger partial charge in [-0.2, -0.15) is 13.2 Å². The van der Waals surface area contributed by atoms with Crippen LogP contribution in [0.5, 0.6) is 0 Å². The highest BCUT2D eigenvalue weighted by Gasteiger charge is 2.53. The van der Waals surface area contributed by atoms with Crippen molar-refractivity contribution in [3.8, 4) is 11.8 Å². The van der Waals surface area contributed by atoms with Crippen LogP contribution in [0.1, 0.15) is 108 Å². The number of piperidine rings is 1. The zero-order valence-corrected chi connectivity index (χ0v) is 25.3. The molecule has 5 fully saturated rings. The number of alkyl halides is 3. The van der Waals surface area contributed by atoms with E-state index in [1.807, 2.05) is 5.32 Å². The molecule has 1 aromatic heterocycles. The minimum atomic E-state index is -4.97. The van der Waals surface area contributed by atoms with Gasteiger partial charge in [0.2, 0.25) is 17.6 Å². The van der Waals surface area contributed by atoms with E-state index in [9.17, 15) is 27.6 Å². The van der Waals surface area contributed by atoms with Crippen molar-refractivity contribution in [2.24, 2.45) is 23.2 Å². The minimum Gasteiger partial charge on any atom is -0.314 e. The van der Waals surface area contributed by atoms with Gasteiger partial charge < -0.3 is 5.32 Å². The predicted octanol–water partition coefficient (Wildman–Crippen LogP) is 5.89. The molecule has 1 aromatic carbocycles. The van der Waals surface area contributed by atoms with Crippen molar-refractivity contribution >= 4 is 22.7 Å². The molecule has 2 aromatic rings. The van der Waals surface area contributed by atoms with Gasteiger partial charge in [0.15, 0.2) is 0 Å². The van der Waals surface area contributed by atoms with Crippen LogP contribution in [0.25, 0.3) is 10.9 Å². The second-order valence-corrected chi connectivity index (χ2v) is 13.7. The van der Waals surface area contributed by atoms with Crippen LogP contribution >= 0.6 is 0 Å². The van der Waals surface area contributed by atoms with Crippen molar-refractivity contribution in [1.82, 2.24) is 20.2 Å². The molecule has 2 N–H and O–H groups in total. The fourth-order valence-corrected chi connectivity index (χ4v) is 8.86. The maximum absolute atomic E-state index is 14.0. The minimum absolute atomic E-state index is 0.0584. The molecule has 10 heteroatoms. The van der Waals surface area contributed by atoms with Crippen LogP contribution in [0.4, 0.5) is 13.2 Å². The summed E-state index contributed by atoms with van der Waals surface area (Å²) in [7, 11) is 0. The number of hydrogen-bond acceptors (Lipinski definition) is 5. The zero-order chi connectivity index (χ0) is 31.1. The number of benzene rings is 1. The molecular weight excluding hydrogens is 569 g/mol. The Kier molecular flexibility index (Phi) is 8.62. The van der Waals surface area contributed by atoms with Crippen LogP contribution in [0, 0.1) is 35.0 Å². The third kappa shape index (κ3) is 6.17. The molecule has 1 saturated heterocycles. The van der Waals surface area contributed by atoms with Crippen molar-refractivity contribution in [2.45, 2.75) is 109 Å². The molecule has 0 radical (unpaired) electrons. The van der Waals surface area contributed by atoms with Gasteiger partial charge >= 0.3 is 6.18 Å². The number of imide groups is 1. The molecule has 4 saturated carbocycles. The fourth-order valence-electron chi connectivity index (χ4n) is 8.86. The van der Waals surface area contributed by atoms with E-state index in [2.05, 4.69) is 29.1 Å². The van der Waals surface area contributed by atoms with Crippen LogP contribution < -0.4 is 16.2 Å². The molecule has 0 spiro atoms. The molecule has 7 nitrogen and oxygen atoms in total. The monoisotopic (exact) mass is 610 g/mol. The maximum atomic E-state index is 14.0. The van der Waals surface area contributed by atoms with E-state index < -0.39 is 35.4 Å². The molecule has 1 aliphatic heterocycles. The molecule has 4 bridgehead atoms. The Hall–Kier alpha value is -3.19. The number of hydrogen-bond donors (Lipinski definition) is 2. The largest absolute Gasteiger partial charge is 0.449 e. The zero-order valence-electron chi connectivity index (χ0n) is 25.3. The summed E-state index contributed by atoms with van der Waals surface area (Å²) in [4.78, 5) is 41.3. The number of carbonyl (C=O) groups is 2. The molecule has 1 unspecified atom stereocenters. The van der Waals surface area contributed by atoms with Gasteiger partial charge in [-0.3, -0.25) is 24.3 Å². The first kappa shape index (κ1) is 30.8. The first-order valence-electron chi connectivity index (χ1n) is 16.2. The average Bonchev–Trinajstić information content (AvgIpc) is 2.95. The molecule has 2 heterocycles. The van der Waals surface area contributed by atoms with E-state index >= 15 is 0 Å². The summed E-state index contributed by atoms with van der Waals surface area (Å²) in [6.45, 7) is 3.42. The summed E-state index contributed by atoms with van der Waals surface area (Å²) in [6.07, 6.45) is 7.98. The number of aromatic nitrogens is 2. The molecule has 44 heavy (non-hydrogen) atoms. The van der Waals surface area contributed by atoms with Crippen LogP contribution in [0.3, 0.4) is 0 Å². The molecule has 7 rings (SSSR count). The van der Waals surface area contributed by atoms with Gasteiger partial charge in [-0.1, -0.05) is 30.7 Å². The van der Waals surface area contributed by atoms with E-state index in [0.717, 1.165) is 50.0 Å². The topological polar surface area (TPSA) is 93.1 Å². The average molecular weight is 611 g/mol. The van der Waals surface area contributed by atoms with Crippen LogP contribution in [0.2, 0.25) is 0 Å². The molecule has 2 atom stereocenters. The number of halogens is 3. The van der Waals surface area contributed by atoms with E-state index in [0.29, 0.717) is 22.4 Å². The summed E-state index contributed by atoms with van der Waals surface area (Å²) in [5.41, 5.74) is -0.330. The third-order valence-corrected chi connectivity index (χ3v) is 10.6. The lowest BCUT2D eigenvalue weighted by Gasteiger charge is -2.59. The van der Waals surface area contributed by atoms with Gasteiger partial charge in [-0.05, 0) is 107 Å². The van der Waals surface area contributed by atoms with Crippen molar-refractivity contribution < 1.29 is 22.8 Å². The van der Waals surface area contributed by atoms with Crippen molar-refractivity contribution in [3.63, 3.8) is 0 Å². The second-order valence-electron chi connectivity index (χ2n) is 13.7. The van der Waals surface area contributed by atoms with Crippen LogP contribution in [0.15, 0.2) is 23.0 Å². The van der Waals surface area contributed by atoms with Crippen molar-refractivity contribution in [3.05, 3.63) is 39.9 Å². The fraction of sp³-hybridized carbons (Fsp3) is 0.647. The number of amides is 2. The summed E-state index contributed by atoms with van der Waals surface area (Å²) in [6, 6.07) is 3.52. The van der Waals surface area contributed by atoms with Gasteiger partial charge in [0.25, 0.3) is 5.56 Å². The molecule has 2 amide bonds.